The molecule has 2 aliphatic rings. The fourth-order valence-electron chi connectivity index (χ4n) is 1.82. The number of para-hydroxylation sites is 1. The van der Waals surface area contributed by atoms with Crippen LogP contribution in [0.1, 0.15) is 10.4 Å². The van der Waals surface area contributed by atoms with Gasteiger partial charge in [0.2, 0.25) is 17.8 Å². The highest BCUT2D eigenvalue weighted by Crippen LogP contribution is 2.27. The number of ether oxygens (including phenoxy) is 2. The van der Waals surface area contributed by atoms with Gasteiger partial charge in [0.25, 0.3) is 0 Å². The number of Topliss-reactive ketones (excluding diaryl/α,β-unsaturated/α-hetero) is 1. The molecule has 0 aromatic heterocycles. The van der Waals surface area contributed by atoms with Crippen LogP contribution in [-0.4, -0.2) is 29.7 Å². The number of nitrogens with zero attached hydrogens (tertiary/aromatic N) is 1. The number of hydrogen-bond donors (Lipinski definition) is 0. The summed E-state index contributed by atoms with van der Waals surface area (Å²) in [6.45, 7) is 0. The van der Waals surface area contributed by atoms with Gasteiger partial charge >= 0.3 is 11.9 Å². The summed E-state index contributed by atoms with van der Waals surface area (Å²) >= 11 is 0. The van der Waals surface area contributed by atoms with E-state index in [-0.39, 0.29) is 5.90 Å². The van der Waals surface area contributed by atoms with E-state index in [9.17, 15) is 14.4 Å². The maximum Gasteiger partial charge on any atom is 0.337 e. The van der Waals surface area contributed by atoms with Crippen LogP contribution in [-0.2, 0) is 19.1 Å². The molecule has 0 aliphatic carbocycles. The van der Waals surface area contributed by atoms with E-state index in [1.807, 2.05) is 0 Å². The van der Waals surface area contributed by atoms with Crippen LogP contribution in [0.5, 0.6) is 0 Å². The number of aliphatic imine (C=N–C) groups is 1. The van der Waals surface area contributed by atoms with Gasteiger partial charge in [0.1, 0.15) is 0 Å². The molecule has 0 fully saturated rings. The molecule has 94 valence electrons. The van der Waals surface area contributed by atoms with Gasteiger partial charge in [-0.05, 0) is 12.1 Å². The van der Waals surface area contributed by atoms with Gasteiger partial charge in [-0.1, -0.05) is 12.1 Å². The topological polar surface area (TPSA) is 82.0 Å². The molecular formula is C13H7NO5. The van der Waals surface area contributed by atoms with Crippen molar-refractivity contribution in [1.82, 2.24) is 0 Å². The Morgan fingerprint density at radius 3 is 2.58 bits per heavy atom. The van der Waals surface area contributed by atoms with E-state index in [2.05, 4.69) is 4.99 Å². The Hall–Kier alpha value is -2.76. The standard InChI is InChI=1S/C13H7NO5/c15-9-5-6-10(16)19-13-12(18-9)11(17)7-3-1-2-4-8(7)14-13/h1-6,12H/b6-5+. The molecule has 0 saturated carbocycles. The van der Waals surface area contributed by atoms with E-state index in [0.29, 0.717) is 11.3 Å². The second-order valence-corrected chi connectivity index (χ2v) is 3.90. The molecule has 1 aromatic rings. The molecule has 1 aromatic carbocycles. The lowest BCUT2D eigenvalue weighted by molar-refractivity contribution is -0.142. The third-order valence-electron chi connectivity index (χ3n) is 2.66. The van der Waals surface area contributed by atoms with Crippen molar-refractivity contribution in [2.75, 3.05) is 0 Å². The number of rotatable bonds is 0. The SMILES string of the molecule is O=C1/C=C/C(=O)OC2C(=O)c3ccccc3N=C2O1. The summed E-state index contributed by atoms with van der Waals surface area (Å²) in [6.07, 6.45) is 0.523. The lowest BCUT2D eigenvalue weighted by Crippen LogP contribution is -2.40. The maximum atomic E-state index is 12.2. The monoisotopic (exact) mass is 257 g/mol. The van der Waals surface area contributed by atoms with Crippen molar-refractivity contribution in [2.24, 2.45) is 4.99 Å². The zero-order valence-electron chi connectivity index (χ0n) is 9.53. The normalized spacial score (nSPS) is 23.1. The van der Waals surface area contributed by atoms with Crippen LogP contribution in [0.25, 0.3) is 0 Å². The van der Waals surface area contributed by atoms with E-state index in [1.165, 1.54) is 0 Å². The summed E-state index contributed by atoms with van der Waals surface area (Å²) in [5, 5.41) is 0. The fourth-order valence-corrected chi connectivity index (χ4v) is 1.82. The first-order valence-corrected chi connectivity index (χ1v) is 5.47. The maximum absolute atomic E-state index is 12.2. The highest BCUT2D eigenvalue weighted by Gasteiger charge is 2.37. The van der Waals surface area contributed by atoms with Crippen molar-refractivity contribution in [3.8, 4) is 0 Å². The summed E-state index contributed by atoms with van der Waals surface area (Å²) in [5.74, 6) is -2.24. The Morgan fingerprint density at radius 2 is 1.74 bits per heavy atom. The molecule has 1 atom stereocenters. The summed E-state index contributed by atoms with van der Waals surface area (Å²) in [5.41, 5.74) is 0.705. The van der Waals surface area contributed by atoms with E-state index in [4.69, 9.17) is 9.47 Å². The van der Waals surface area contributed by atoms with Crippen LogP contribution >= 0.6 is 0 Å². The van der Waals surface area contributed by atoms with Gasteiger partial charge in [0, 0.05) is 17.7 Å². The first-order chi connectivity index (χ1) is 9.15. The lowest BCUT2D eigenvalue weighted by Gasteiger charge is -2.22. The van der Waals surface area contributed by atoms with Gasteiger partial charge in [-0.25, -0.2) is 14.6 Å². The average Bonchev–Trinajstić information content (AvgIpc) is 2.39. The minimum Gasteiger partial charge on any atom is -0.441 e. The number of fused-ring (bicyclic) bond motifs is 2. The van der Waals surface area contributed by atoms with Gasteiger partial charge in [-0.2, -0.15) is 0 Å². The Kier molecular flexibility index (Phi) is 2.49. The molecule has 2 heterocycles. The highest BCUT2D eigenvalue weighted by atomic mass is 16.6. The molecule has 0 N–H and O–H groups in total. The third kappa shape index (κ3) is 1.93. The van der Waals surface area contributed by atoms with Crippen molar-refractivity contribution in [3.05, 3.63) is 42.0 Å². The second kappa shape index (κ2) is 4.16. The zero-order chi connectivity index (χ0) is 13.4. The first-order valence-electron chi connectivity index (χ1n) is 5.47. The van der Waals surface area contributed by atoms with Crippen LogP contribution in [0.15, 0.2) is 41.4 Å². The summed E-state index contributed by atoms with van der Waals surface area (Å²) in [7, 11) is 0. The minimum atomic E-state index is -1.31. The molecule has 2 aliphatic heterocycles. The minimum absolute atomic E-state index is 0.216. The molecule has 0 spiro atoms. The van der Waals surface area contributed by atoms with Gasteiger partial charge in [-0.15, -0.1) is 0 Å². The average molecular weight is 257 g/mol. The molecule has 6 heteroatoms. The number of carbonyl (C=O) groups is 3. The van der Waals surface area contributed by atoms with Gasteiger partial charge < -0.3 is 9.47 Å². The lowest BCUT2D eigenvalue weighted by atomic mass is 10.0. The Labute approximate surface area is 107 Å². The molecule has 0 amide bonds. The molecule has 0 saturated heterocycles. The van der Waals surface area contributed by atoms with Crippen LogP contribution in [0, 0.1) is 0 Å². The van der Waals surface area contributed by atoms with E-state index >= 15 is 0 Å². The van der Waals surface area contributed by atoms with Crippen molar-refractivity contribution in [2.45, 2.75) is 6.10 Å². The molecule has 3 rings (SSSR count). The number of carbonyl (C=O) groups excluding carboxylic acids is 3. The van der Waals surface area contributed by atoms with Gasteiger partial charge in [0.15, 0.2) is 0 Å². The largest absolute Gasteiger partial charge is 0.441 e. The number of esters is 2. The highest BCUT2D eigenvalue weighted by molar-refractivity contribution is 6.21. The summed E-state index contributed by atoms with van der Waals surface area (Å²) in [6, 6.07) is 6.56. The zero-order valence-corrected chi connectivity index (χ0v) is 9.53. The van der Waals surface area contributed by atoms with Gasteiger partial charge in [-0.3, -0.25) is 4.79 Å². The van der Waals surface area contributed by atoms with Crippen molar-refractivity contribution in [3.63, 3.8) is 0 Å². The van der Waals surface area contributed by atoms with Crippen LogP contribution < -0.4 is 0 Å². The number of benzene rings is 1. The molecule has 6 nitrogen and oxygen atoms in total. The molecule has 19 heavy (non-hydrogen) atoms. The number of ketones is 1. The summed E-state index contributed by atoms with van der Waals surface area (Å²) in [4.78, 5) is 39.0. The number of hydrogen-bond acceptors (Lipinski definition) is 6. The quantitative estimate of drug-likeness (QED) is 0.646. The molecular weight excluding hydrogens is 250 g/mol. The Morgan fingerprint density at radius 1 is 1.00 bits per heavy atom. The van der Waals surface area contributed by atoms with Crippen molar-refractivity contribution < 1.29 is 23.9 Å². The predicted molar refractivity (Wildman–Crippen MR) is 63.0 cm³/mol. The van der Waals surface area contributed by atoms with Crippen molar-refractivity contribution in [1.29, 1.82) is 0 Å². The molecule has 1 unspecified atom stereocenters. The van der Waals surface area contributed by atoms with E-state index in [1.54, 1.807) is 24.3 Å². The van der Waals surface area contributed by atoms with E-state index in [0.717, 1.165) is 12.2 Å². The fraction of sp³-hybridized carbons (Fsp3) is 0.0769. The third-order valence-corrected chi connectivity index (χ3v) is 2.66. The Balaban J connectivity index is 2.12. The van der Waals surface area contributed by atoms with Crippen LogP contribution in [0.2, 0.25) is 0 Å². The smallest absolute Gasteiger partial charge is 0.337 e. The van der Waals surface area contributed by atoms with Gasteiger partial charge in [0.05, 0.1) is 5.69 Å². The first kappa shape index (κ1) is 11.3. The van der Waals surface area contributed by atoms with Crippen LogP contribution in [0.3, 0.4) is 0 Å². The molecule has 0 bridgehead atoms. The Bertz CT molecular complexity index is 659. The second-order valence-electron chi connectivity index (χ2n) is 3.90. The molecule has 0 radical (unpaired) electrons. The van der Waals surface area contributed by atoms with Crippen LogP contribution in [0.4, 0.5) is 5.69 Å². The summed E-state index contributed by atoms with van der Waals surface area (Å²) < 4.78 is 9.83. The van der Waals surface area contributed by atoms with Crippen molar-refractivity contribution >= 4 is 29.3 Å². The van der Waals surface area contributed by atoms with E-state index < -0.39 is 23.8 Å². The predicted octanol–water partition coefficient (Wildman–Crippen LogP) is 0.938.